The van der Waals surface area contributed by atoms with Crippen molar-refractivity contribution in [3.8, 4) is 0 Å². The summed E-state index contributed by atoms with van der Waals surface area (Å²) in [5.74, 6) is 0.0566. The smallest absolute Gasteiger partial charge is 0.239 e. The topological polar surface area (TPSA) is 53.6 Å². The molecule has 1 amide bonds. The molecule has 1 saturated heterocycles. The second-order valence-corrected chi connectivity index (χ2v) is 7.94. The molecule has 0 spiro atoms. The van der Waals surface area contributed by atoms with Crippen molar-refractivity contribution in [1.29, 1.82) is 0 Å². The Bertz CT molecular complexity index is 552. The highest BCUT2D eigenvalue weighted by Gasteiger charge is 2.38. The number of rotatable bonds is 6. The van der Waals surface area contributed by atoms with E-state index in [0.29, 0.717) is 6.54 Å². The standard InChI is InChI=1S/C19H28BrN3O2/c20-16-4-6-17(7-5-16)21-14-18(24)22-15-19(8-2-1-3-9-19)23-10-12-25-13-11-23/h4-7,21H,1-3,8-15H2,(H,22,24). The van der Waals surface area contributed by atoms with Gasteiger partial charge in [0.05, 0.1) is 19.8 Å². The molecule has 1 aliphatic heterocycles. The van der Waals surface area contributed by atoms with Crippen LogP contribution in [0.1, 0.15) is 32.1 Å². The second-order valence-electron chi connectivity index (χ2n) is 7.02. The van der Waals surface area contributed by atoms with E-state index in [-0.39, 0.29) is 11.4 Å². The number of carbonyl (C=O) groups excluding carboxylic acids is 1. The molecule has 3 rings (SSSR count). The molecule has 138 valence electrons. The van der Waals surface area contributed by atoms with Crippen LogP contribution in [0.4, 0.5) is 5.69 Å². The summed E-state index contributed by atoms with van der Waals surface area (Å²) in [6.07, 6.45) is 6.17. The number of benzene rings is 1. The molecule has 2 N–H and O–H groups in total. The molecule has 0 atom stereocenters. The molecule has 0 radical (unpaired) electrons. The summed E-state index contributed by atoms with van der Waals surface area (Å²) in [4.78, 5) is 14.9. The summed E-state index contributed by atoms with van der Waals surface area (Å²) in [7, 11) is 0. The average Bonchev–Trinajstić information content (AvgIpc) is 2.67. The van der Waals surface area contributed by atoms with Gasteiger partial charge in [0.1, 0.15) is 0 Å². The van der Waals surface area contributed by atoms with Crippen molar-refractivity contribution in [2.45, 2.75) is 37.6 Å². The first kappa shape index (κ1) is 18.7. The maximum Gasteiger partial charge on any atom is 0.239 e. The minimum absolute atomic E-state index is 0.0566. The Labute approximate surface area is 158 Å². The molecule has 0 aromatic heterocycles. The van der Waals surface area contributed by atoms with Crippen LogP contribution in [-0.2, 0) is 9.53 Å². The van der Waals surface area contributed by atoms with Crippen LogP contribution in [0.2, 0.25) is 0 Å². The number of halogens is 1. The normalized spacial score (nSPS) is 20.8. The van der Waals surface area contributed by atoms with Gasteiger partial charge in [-0.05, 0) is 37.1 Å². The summed E-state index contributed by atoms with van der Waals surface area (Å²) in [5, 5.41) is 6.36. The highest BCUT2D eigenvalue weighted by Crippen LogP contribution is 2.33. The average molecular weight is 410 g/mol. The summed E-state index contributed by atoms with van der Waals surface area (Å²) >= 11 is 3.42. The van der Waals surface area contributed by atoms with Gasteiger partial charge in [-0.15, -0.1) is 0 Å². The SMILES string of the molecule is O=C(CNc1ccc(Br)cc1)NCC1(N2CCOCC2)CCCCC1. The largest absolute Gasteiger partial charge is 0.379 e. The molecule has 1 heterocycles. The van der Waals surface area contributed by atoms with Crippen molar-refractivity contribution < 1.29 is 9.53 Å². The zero-order valence-electron chi connectivity index (χ0n) is 14.7. The Hall–Kier alpha value is -1.11. The van der Waals surface area contributed by atoms with Crippen molar-refractivity contribution in [2.75, 3.05) is 44.7 Å². The maximum atomic E-state index is 12.3. The number of amides is 1. The molecule has 1 aromatic rings. The van der Waals surface area contributed by atoms with Crippen LogP contribution in [0, 0.1) is 0 Å². The third-order valence-electron chi connectivity index (χ3n) is 5.38. The molecule has 6 heteroatoms. The molecule has 0 bridgehead atoms. The molecule has 0 unspecified atom stereocenters. The third kappa shape index (κ3) is 5.19. The van der Waals surface area contributed by atoms with Crippen molar-refractivity contribution in [3.05, 3.63) is 28.7 Å². The van der Waals surface area contributed by atoms with Crippen molar-refractivity contribution >= 4 is 27.5 Å². The molecular weight excluding hydrogens is 382 g/mol. The van der Waals surface area contributed by atoms with E-state index in [2.05, 4.69) is 31.5 Å². The Morgan fingerprint density at radius 3 is 2.48 bits per heavy atom. The van der Waals surface area contributed by atoms with Gasteiger partial charge >= 0.3 is 0 Å². The van der Waals surface area contributed by atoms with Gasteiger partial charge in [-0.1, -0.05) is 35.2 Å². The van der Waals surface area contributed by atoms with E-state index < -0.39 is 0 Å². The quantitative estimate of drug-likeness (QED) is 0.757. The monoisotopic (exact) mass is 409 g/mol. The van der Waals surface area contributed by atoms with E-state index in [4.69, 9.17) is 4.74 Å². The van der Waals surface area contributed by atoms with E-state index in [9.17, 15) is 4.79 Å². The molecule has 25 heavy (non-hydrogen) atoms. The van der Waals surface area contributed by atoms with Gasteiger partial charge in [-0.25, -0.2) is 0 Å². The summed E-state index contributed by atoms with van der Waals surface area (Å²) < 4.78 is 6.55. The van der Waals surface area contributed by atoms with Gasteiger partial charge in [0, 0.05) is 35.3 Å². The Kier molecular flexibility index (Phi) is 6.73. The minimum Gasteiger partial charge on any atom is -0.379 e. The van der Waals surface area contributed by atoms with Crippen LogP contribution in [0.3, 0.4) is 0 Å². The number of hydrogen-bond donors (Lipinski definition) is 2. The lowest BCUT2D eigenvalue weighted by atomic mass is 9.79. The van der Waals surface area contributed by atoms with E-state index in [1.165, 1.54) is 32.1 Å². The van der Waals surface area contributed by atoms with Crippen molar-refractivity contribution in [2.24, 2.45) is 0 Å². The minimum atomic E-state index is 0.0566. The summed E-state index contributed by atoms with van der Waals surface area (Å²) in [5.41, 5.74) is 1.08. The van der Waals surface area contributed by atoms with Gasteiger partial charge < -0.3 is 15.4 Å². The van der Waals surface area contributed by atoms with Gasteiger partial charge in [0.15, 0.2) is 0 Å². The van der Waals surface area contributed by atoms with Crippen LogP contribution < -0.4 is 10.6 Å². The fourth-order valence-electron chi connectivity index (χ4n) is 3.93. The summed E-state index contributed by atoms with van der Waals surface area (Å²) in [6, 6.07) is 7.87. The number of morpholine rings is 1. The van der Waals surface area contributed by atoms with Crippen LogP contribution in [0.5, 0.6) is 0 Å². The zero-order valence-corrected chi connectivity index (χ0v) is 16.3. The first-order chi connectivity index (χ1) is 12.2. The fraction of sp³-hybridized carbons (Fsp3) is 0.632. The Balaban J connectivity index is 1.51. The van der Waals surface area contributed by atoms with E-state index in [1.807, 2.05) is 24.3 Å². The number of nitrogens with zero attached hydrogens (tertiary/aromatic N) is 1. The zero-order chi connectivity index (χ0) is 17.5. The van der Waals surface area contributed by atoms with E-state index >= 15 is 0 Å². The van der Waals surface area contributed by atoms with E-state index in [0.717, 1.165) is 43.0 Å². The van der Waals surface area contributed by atoms with Crippen LogP contribution >= 0.6 is 15.9 Å². The Morgan fingerprint density at radius 1 is 1.12 bits per heavy atom. The van der Waals surface area contributed by atoms with E-state index in [1.54, 1.807) is 0 Å². The molecule has 1 aliphatic carbocycles. The van der Waals surface area contributed by atoms with Gasteiger partial charge in [-0.3, -0.25) is 9.69 Å². The predicted octanol–water partition coefficient (Wildman–Crippen LogP) is 3.01. The van der Waals surface area contributed by atoms with Crippen molar-refractivity contribution in [3.63, 3.8) is 0 Å². The molecule has 5 nitrogen and oxygen atoms in total. The Morgan fingerprint density at radius 2 is 1.80 bits per heavy atom. The molecular formula is C19H28BrN3O2. The molecule has 2 aliphatic rings. The first-order valence-corrected chi connectivity index (χ1v) is 10.1. The number of ether oxygens (including phenoxy) is 1. The lowest BCUT2D eigenvalue weighted by Gasteiger charge is -2.48. The predicted molar refractivity (Wildman–Crippen MR) is 104 cm³/mol. The number of hydrogen-bond acceptors (Lipinski definition) is 4. The highest BCUT2D eigenvalue weighted by atomic mass is 79.9. The molecule has 1 aromatic carbocycles. The first-order valence-electron chi connectivity index (χ1n) is 9.27. The maximum absolute atomic E-state index is 12.3. The molecule has 1 saturated carbocycles. The van der Waals surface area contributed by atoms with Gasteiger partial charge in [0.25, 0.3) is 0 Å². The van der Waals surface area contributed by atoms with Crippen LogP contribution in [-0.4, -0.2) is 55.7 Å². The number of nitrogens with one attached hydrogen (secondary N) is 2. The third-order valence-corrected chi connectivity index (χ3v) is 5.91. The number of carbonyl (C=O) groups is 1. The fourth-order valence-corrected chi connectivity index (χ4v) is 4.19. The van der Waals surface area contributed by atoms with Crippen LogP contribution in [0.25, 0.3) is 0 Å². The lowest BCUT2D eigenvalue weighted by Crippen LogP contribution is -2.60. The second kappa shape index (κ2) is 9.01. The van der Waals surface area contributed by atoms with Gasteiger partial charge in [-0.2, -0.15) is 0 Å². The van der Waals surface area contributed by atoms with Gasteiger partial charge in [0.2, 0.25) is 5.91 Å². The highest BCUT2D eigenvalue weighted by molar-refractivity contribution is 9.10. The molecule has 2 fully saturated rings. The van der Waals surface area contributed by atoms with Crippen molar-refractivity contribution in [1.82, 2.24) is 10.2 Å². The summed E-state index contributed by atoms with van der Waals surface area (Å²) in [6.45, 7) is 4.62. The van der Waals surface area contributed by atoms with Crippen LogP contribution in [0.15, 0.2) is 28.7 Å². The lowest BCUT2D eigenvalue weighted by molar-refractivity contribution is -0.120. The number of anilines is 1.